The lowest BCUT2D eigenvalue weighted by atomic mass is 10.1. The molecule has 0 aliphatic carbocycles. The third kappa shape index (κ3) is 5.40. The molecule has 0 saturated carbocycles. The molecule has 0 bridgehead atoms. The number of carbonyl (C=O) groups excluding carboxylic acids is 1. The maximum Gasteiger partial charge on any atom is 0.243 e. The molecule has 1 N–H and O–H groups in total. The third-order valence-corrected chi connectivity index (χ3v) is 8.11. The van der Waals surface area contributed by atoms with E-state index in [0.717, 1.165) is 10.9 Å². The van der Waals surface area contributed by atoms with Gasteiger partial charge in [-0.25, -0.2) is 17.8 Å². The minimum Gasteiger partial charge on any atom is -0.325 e. The van der Waals surface area contributed by atoms with Gasteiger partial charge in [0, 0.05) is 24.2 Å². The molecule has 0 atom stereocenters. The molecule has 1 heterocycles. The highest BCUT2D eigenvalue weighted by Crippen LogP contribution is 2.27. The first-order chi connectivity index (χ1) is 15.1. The van der Waals surface area contributed by atoms with E-state index >= 15 is 0 Å². The molecule has 2 aromatic carbocycles. The highest BCUT2D eigenvalue weighted by molar-refractivity contribution is 7.99. The lowest BCUT2D eigenvalue weighted by Gasteiger charge is -2.19. The van der Waals surface area contributed by atoms with Crippen LogP contribution in [0.15, 0.2) is 52.4 Å². The average molecular weight is 496 g/mol. The molecule has 0 spiro atoms. The molecule has 0 aliphatic rings. The summed E-state index contributed by atoms with van der Waals surface area (Å²) in [6.45, 7) is 6.28. The quantitative estimate of drug-likeness (QED) is 0.440. The van der Waals surface area contributed by atoms with E-state index < -0.39 is 15.8 Å². The number of hydrogen-bond acceptors (Lipinski definition) is 5. The molecular weight excluding hydrogens is 473 g/mol. The van der Waals surface area contributed by atoms with Crippen molar-refractivity contribution >= 4 is 55.9 Å². The molecule has 10 heteroatoms. The van der Waals surface area contributed by atoms with Crippen LogP contribution < -0.4 is 5.32 Å². The monoisotopic (exact) mass is 495 g/mol. The number of halogens is 2. The topological polar surface area (TPSA) is 79.4 Å². The number of amides is 1. The number of benzene rings is 2. The summed E-state index contributed by atoms with van der Waals surface area (Å²) in [7, 11) is -3.56. The number of aryl methyl sites for hydroxylation is 1. The van der Waals surface area contributed by atoms with Gasteiger partial charge in [-0.1, -0.05) is 37.2 Å². The smallest absolute Gasteiger partial charge is 0.243 e. The molecule has 1 amide bonds. The Balaban J connectivity index is 1.76. The van der Waals surface area contributed by atoms with Crippen molar-refractivity contribution in [1.82, 2.24) is 9.29 Å². The number of sulfonamides is 1. The molecule has 0 unspecified atom stereocenters. The molecule has 0 aliphatic heterocycles. The van der Waals surface area contributed by atoms with Gasteiger partial charge in [0.25, 0.3) is 0 Å². The predicted octanol–water partition coefficient (Wildman–Crippen LogP) is 5.10. The molecule has 0 fully saturated rings. The van der Waals surface area contributed by atoms with Crippen molar-refractivity contribution in [2.24, 2.45) is 0 Å². The van der Waals surface area contributed by atoms with Gasteiger partial charge in [-0.05, 0) is 55.0 Å². The maximum absolute atomic E-state index is 13.2. The summed E-state index contributed by atoms with van der Waals surface area (Å²) in [5, 5.41) is 3.99. The summed E-state index contributed by atoms with van der Waals surface area (Å²) in [5.74, 6) is -0.734. The van der Waals surface area contributed by atoms with Crippen LogP contribution >= 0.6 is 23.4 Å². The van der Waals surface area contributed by atoms with Crippen LogP contribution in [0.5, 0.6) is 0 Å². The van der Waals surface area contributed by atoms with E-state index in [1.807, 2.05) is 13.0 Å². The fraction of sp³-hybridized carbons (Fsp3) is 0.273. The van der Waals surface area contributed by atoms with Crippen LogP contribution in [0.25, 0.3) is 10.9 Å². The van der Waals surface area contributed by atoms with Crippen LogP contribution in [-0.4, -0.2) is 42.5 Å². The van der Waals surface area contributed by atoms with Gasteiger partial charge in [-0.3, -0.25) is 4.79 Å². The molecule has 6 nitrogen and oxygen atoms in total. The van der Waals surface area contributed by atoms with Crippen LogP contribution in [0.1, 0.15) is 19.4 Å². The van der Waals surface area contributed by atoms with Crippen molar-refractivity contribution in [3.05, 3.63) is 58.9 Å². The number of thioether (sulfide) groups is 1. The van der Waals surface area contributed by atoms with E-state index in [4.69, 9.17) is 11.6 Å². The van der Waals surface area contributed by atoms with Crippen molar-refractivity contribution in [2.45, 2.75) is 30.7 Å². The van der Waals surface area contributed by atoms with Gasteiger partial charge in [-0.2, -0.15) is 4.31 Å². The number of anilines is 1. The largest absolute Gasteiger partial charge is 0.325 e. The number of hydrogen-bond donors (Lipinski definition) is 1. The molecule has 3 aromatic rings. The van der Waals surface area contributed by atoms with E-state index in [1.54, 1.807) is 32.0 Å². The minimum atomic E-state index is -3.56. The molecular formula is C22H23ClFN3O3S2. The van der Waals surface area contributed by atoms with Crippen LogP contribution in [0, 0.1) is 12.7 Å². The molecule has 0 radical (unpaired) electrons. The molecule has 3 rings (SSSR count). The second-order valence-electron chi connectivity index (χ2n) is 7.01. The third-order valence-electron chi connectivity index (χ3n) is 4.86. The molecule has 0 saturated heterocycles. The highest BCUT2D eigenvalue weighted by atomic mass is 35.5. The van der Waals surface area contributed by atoms with Crippen molar-refractivity contribution in [1.29, 1.82) is 0 Å². The first-order valence-corrected chi connectivity index (χ1v) is 12.7. The van der Waals surface area contributed by atoms with E-state index in [0.29, 0.717) is 29.3 Å². The lowest BCUT2D eigenvalue weighted by molar-refractivity contribution is -0.113. The number of aromatic nitrogens is 1. The van der Waals surface area contributed by atoms with E-state index in [-0.39, 0.29) is 21.6 Å². The van der Waals surface area contributed by atoms with Gasteiger partial charge < -0.3 is 5.32 Å². The van der Waals surface area contributed by atoms with Crippen LogP contribution in [-0.2, 0) is 14.8 Å². The Kier molecular flexibility index (Phi) is 7.76. The minimum absolute atomic E-state index is 0.0651. The van der Waals surface area contributed by atoms with Crippen molar-refractivity contribution in [3.8, 4) is 0 Å². The Labute approximate surface area is 196 Å². The Morgan fingerprint density at radius 3 is 2.53 bits per heavy atom. The normalized spacial score (nSPS) is 11.8. The van der Waals surface area contributed by atoms with Crippen LogP contribution in [0.4, 0.5) is 10.1 Å². The summed E-state index contributed by atoms with van der Waals surface area (Å²) < 4.78 is 40.3. The fourth-order valence-corrected chi connectivity index (χ4v) is 5.64. The van der Waals surface area contributed by atoms with Gasteiger partial charge in [-0.15, -0.1) is 0 Å². The van der Waals surface area contributed by atoms with Gasteiger partial charge in [0.1, 0.15) is 5.82 Å². The van der Waals surface area contributed by atoms with Gasteiger partial charge in [0.2, 0.25) is 15.9 Å². The maximum atomic E-state index is 13.2. The summed E-state index contributed by atoms with van der Waals surface area (Å²) >= 11 is 6.98. The van der Waals surface area contributed by atoms with Gasteiger partial charge in [0.15, 0.2) is 0 Å². The Morgan fingerprint density at radius 2 is 1.88 bits per heavy atom. The first kappa shape index (κ1) is 24.4. The van der Waals surface area contributed by atoms with Crippen LogP contribution in [0.2, 0.25) is 5.02 Å². The van der Waals surface area contributed by atoms with E-state index in [1.165, 1.54) is 34.3 Å². The number of nitrogens with zero attached hydrogens (tertiary/aromatic N) is 2. The highest BCUT2D eigenvalue weighted by Gasteiger charge is 2.22. The summed E-state index contributed by atoms with van der Waals surface area (Å²) in [5.41, 5.74) is 1.92. The number of pyridine rings is 1. The number of carbonyl (C=O) groups is 1. The average Bonchev–Trinajstić information content (AvgIpc) is 2.75. The van der Waals surface area contributed by atoms with Crippen molar-refractivity contribution in [3.63, 3.8) is 0 Å². The summed E-state index contributed by atoms with van der Waals surface area (Å²) in [4.78, 5) is 17.0. The second kappa shape index (κ2) is 10.2. The Hall–Kier alpha value is -2.20. The van der Waals surface area contributed by atoms with Gasteiger partial charge in [0.05, 0.1) is 26.2 Å². The van der Waals surface area contributed by atoms with Gasteiger partial charge >= 0.3 is 0 Å². The number of nitrogens with one attached hydrogen (secondary N) is 1. The Morgan fingerprint density at radius 1 is 1.16 bits per heavy atom. The van der Waals surface area contributed by atoms with E-state index in [2.05, 4.69) is 10.3 Å². The molecule has 170 valence electrons. The van der Waals surface area contributed by atoms with E-state index in [9.17, 15) is 17.6 Å². The summed E-state index contributed by atoms with van der Waals surface area (Å²) in [6, 6.07) is 10.7. The van der Waals surface area contributed by atoms with Crippen molar-refractivity contribution in [2.75, 3.05) is 24.2 Å². The first-order valence-electron chi connectivity index (χ1n) is 9.95. The lowest BCUT2D eigenvalue weighted by Crippen LogP contribution is -2.30. The summed E-state index contributed by atoms with van der Waals surface area (Å²) in [6.07, 6.45) is 0. The molecule has 32 heavy (non-hydrogen) atoms. The number of fused-ring (bicyclic) bond motifs is 1. The fourth-order valence-electron chi connectivity index (χ4n) is 3.20. The van der Waals surface area contributed by atoms with Crippen molar-refractivity contribution < 1.29 is 17.6 Å². The Bertz CT molecular complexity index is 1260. The number of rotatable bonds is 8. The second-order valence-corrected chi connectivity index (χ2v) is 10.4. The zero-order valence-electron chi connectivity index (χ0n) is 17.9. The zero-order valence-corrected chi connectivity index (χ0v) is 20.2. The molecule has 1 aromatic heterocycles. The van der Waals surface area contributed by atoms with Crippen LogP contribution in [0.3, 0.4) is 0 Å². The standard InChI is InChI=1S/C22H23ClFN3O3S2/c1-4-27(5-2)32(29,30)16-7-9-20-17(12-16)14(3)10-22(26-20)31-13-21(28)25-15-6-8-19(24)18(23)11-15/h6-12H,4-5,13H2,1-3H3,(H,25,28). The predicted molar refractivity (Wildman–Crippen MR) is 127 cm³/mol. The SMILES string of the molecule is CCN(CC)S(=O)(=O)c1ccc2nc(SCC(=O)Nc3ccc(F)c(Cl)c3)cc(C)c2c1. The zero-order chi connectivity index (χ0) is 23.5.